The van der Waals surface area contributed by atoms with Crippen molar-refractivity contribution >= 4 is 35.3 Å². The van der Waals surface area contributed by atoms with E-state index in [0.29, 0.717) is 10.1 Å². The van der Waals surface area contributed by atoms with E-state index in [1.165, 1.54) is 0 Å². The molecule has 0 aromatic rings. The summed E-state index contributed by atoms with van der Waals surface area (Å²) >= 11 is 9.19. The topological polar surface area (TPSA) is 24.7 Å². The molecular formula is C4H6N2S2-2. The molecule has 0 rings (SSSR count). The van der Waals surface area contributed by atoms with Crippen LogP contribution in [-0.4, -0.2) is 10.1 Å². The molecule has 2 nitrogen and oxygen atoms in total. The van der Waals surface area contributed by atoms with Gasteiger partial charge in [-0.25, -0.2) is 0 Å². The van der Waals surface area contributed by atoms with Gasteiger partial charge in [0.15, 0.2) is 0 Å². The summed E-state index contributed by atoms with van der Waals surface area (Å²) in [5.41, 5.74) is 0. The van der Waals surface area contributed by atoms with Gasteiger partial charge in [-0.05, 0) is 13.8 Å². The minimum atomic E-state index is 0.509. The third kappa shape index (κ3) is 5.78. The van der Waals surface area contributed by atoms with Crippen LogP contribution in [0, 0.1) is 0 Å². The second kappa shape index (κ2) is 3.74. The highest BCUT2D eigenvalue weighted by Crippen LogP contribution is 1.77. The zero-order valence-electron chi connectivity index (χ0n) is 4.71. The monoisotopic (exact) mass is 146 g/mol. The van der Waals surface area contributed by atoms with Gasteiger partial charge in [0, 0.05) is 0 Å². The molecule has 0 amide bonds. The minimum Gasteiger partial charge on any atom is -0.763 e. The lowest BCUT2D eigenvalue weighted by Crippen LogP contribution is -1.83. The van der Waals surface area contributed by atoms with E-state index in [1.807, 2.05) is 0 Å². The first kappa shape index (κ1) is 7.78. The standard InChI is InChI=1S/C4H8N2S2/c1-3(7)5-6-4(2)8/h1-2H3,(H,5,7)(H,6,8)/p-2. The van der Waals surface area contributed by atoms with E-state index in [-0.39, 0.29) is 0 Å². The smallest absolute Gasteiger partial charge is 0.0461 e. The molecule has 0 aliphatic rings. The predicted molar refractivity (Wildman–Crippen MR) is 40.9 cm³/mol. The largest absolute Gasteiger partial charge is 0.763 e. The minimum absolute atomic E-state index is 0.509. The van der Waals surface area contributed by atoms with Crippen LogP contribution < -0.4 is 0 Å². The molecule has 0 N–H and O–H groups in total. The second-order valence-electron chi connectivity index (χ2n) is 1.24. The van der Waals surface area contributed by atoms with E-state index in [1.54, 1.807) is 13.8 Å². The number of hydrogen-bond acceptors (Lipinski definition) is 4. The third-order valence-electron chi connectivity index (χ3n) is 0.332. The summed E-state index contributed by atoms with van der Waals surface area (Å²) in [7, 11) is 0. The normalized spacial score (nSPS) is 14.2. The Morgan fingerprint density at radius 1 is 1.00 bits per heavy atom. The summed E-state index contributed by atoms with van der Waals surface area (Å²) in [4.78, 5) is 0. The van der Waals surface area contributed by atoms with Gasteiger partial charge < -0.3 is 25.3 Å². The van der Waals surface area contributed by atoms with Gasteiger partial charge in [-0.3, -0.25) is 0 Å². The van der Waals surface area contributed by atoms with Gasteiger partial charge in [-0.1, -0.05) is 10.1 Å². The van der Waals surface area contributed by atoms with E-state index < -0.39 is 0 Å². The van der Waals surface area contributed by atoms with Crippen LogP contribution in [0.15, 0.2) is 10.2 Å². The molecule has 0 bridgehead atoms. The van der Waals surface area contributed by atoms with Gasteiger partial charge in [0.25, 0.3) is 0 Å². The highest BCUT2D eigenvalue weighted by molar-refractivity contribution is 7.77. The van der Waals surface area contributed by atoms with Crippen molar-refractivity contribution in [2.75, 3.05) is 0 Å². The second-order valence-corrected chi connectivity index (χ2v) is 2.42. The first-order valence-corrected chi connectivity index (χ1v) is 2.87. The lowest BCUT2D eigenvalue weighted by molar-refractivity contribution is 1.25. The fraction of sp³-hybridized carbons (Fsp3) is 0.500. The molecule has 0 atom stereocenters. The lowest BCUT2D eigenvalue weighted by Gasteiger charge is -2.01. The summed E-state index contributed by atoms with van der Waals surface area (Å²) in [6.45, 7) is 3.38. The molecule has 0 aromatic heterocycles. The fourth-order valence-corrected chi connectivity index (χ4v) is 0.222. The van der Waals surface area contributed by atoms with Crippen molar-refractivity contribution in [3.63, 3.8) is 0 Å². The lowest BCUT2D eigenvalue weighted by atomic mass is 10.9. The van der Waals surface area contributed by atoms with Crippen molar-refractivity contribution in [2.45, 2.75) is 13.8 Å². The van der Waals surface area contributed by atoms with E-state index in [0.717, 1.165) is 0 Å². The Kier molecular flexibility index (Phi) is 3.64. The Bertz CT molecular complexity index is 104. The molecule has 0 spiro atoms. The van der Waals surface area contributed by atoms with Gasteiger partial charge >= 0.3 is 0 Å². The van der Waals surface area contributed by atoms with Gasteiger partial charge in [-0.2, -0.15) is 10.2 Å². The Morgan fingerprint density at radius 2 is 1.25 bits per heavy atom. The maximum absolute atomic E-state index is 4.59. The quantitative estimate of drug-likeness (QED) is 0.237. The highest BCUT2D eigenvalue weighted by Gasteiger charge is 1.60. The Morgan fingerprint density at radius 3 is 1.38 bits per heavy atom. The first-order chi connectivity index (χ1) is 3.63. The SMILES string of the molecule is C/C([S-])=N/N=C(/C)[S-]. The van der Waals surface area contributed by atoms with Crippen molar-refractivity contribution in [3.05, 3.63) is 0 Å². The van der Waals surface area contributed by atoms with Crippen molar-refractivity contribution in [2.24, 2.45) is 10.2 Å². The van der Waals surface area contributed by atoms with Crippen LogP contribution in [0.25, 0.3) is 0 Å². The molecule has 0 unspecified atom stereocenters. The zero-order valence-corrected chi connectivity index (χ0v) is 6.34. The van der Waals surface area contributed by atoms with Gasteiger partial charge in [-0.15, -0.1) is 0 Å². The van der Waals surface area contributed by atoms with E-state index >= 15 is 0 Å². The summed E-state index contributed by atoms with van der Waals surface area (Å²) in [5.74, 6) is 0. The Labute approximate surface area is 59.9 Å². The molecule has 0 heterocycles. The van der Waals surface area contributed by atoms with Crippen LogP contribution in [0.3, 0.4) is 0 Å². The summed E-state index contributed by atoms with van der Waals surface area (Å²) in [6.07, 6.45) is 0. The Hall–Kier alpha value is -0.220. The molecule has 8 heavy (non-hydrogen) atoms. The average Bonchev–Trinajstić information content (AvgIpc) is 1.61. The fourth-order valence-electron chi connectivity index (χ4n) is 0.141. The highest BCUT2D eigenvalue weighted by atomic mass is 32.1. The molecule has 4 heteroatoms. The van der Waals surface area contributed by atoms with Gasteiger partial charge in [0.05, 0.1) is 0 Å². The molecule has 0 saturated carbocycles. The van der Waals surface area contributed by atoms with Crippen molar-refractivity contribution in [1.82, 2.24) is 0 Å². The van der Waals surface area contributed by atoms with Gasteiger partial charge in [0.1, 0.15) is 0 Å². The summed E-state index contributed by atoms with van der Waals surface area (Å²) in [6, 6.07) is 0. The van der Waals surface area contributed by atoms with E-state index in [9.17, 15) is 0 Å². The predicted octanol–water partition coefficient (Wildman–Crippen LogP) is 0.832. The average molecular weight is 146 g/mol. The van der Waals surface area contributed by atoms with Crippen molar-refractivity contribution in [3.8, 4) is 0 Å². The molecule has 0 aromatic carbocycles. The van der Waals surface area contributed by atoms with Crippen LogP contribution in [0.4, 0.5) is 0 Å². The third-order valence-corrected chi connectivity index (χ3v) is 0.495. The summed E-state index contributed by atoms with van der Waals surface area (Å²) < 4.78 is 0. The zero-order chi connectivity index (χ0) is 6.57. The Balaban J connectivity index is 3.76. The maximum atomic E-state index is 4.59. The first-order valence-electron chi connectivity index (χ1n) is 2.06. The van der Waals surface area contributed by atoms with Crippen LogP contribution >= 0.6 is 0 Å². The van der Waals surface area contributed by atoms with Crippen LogP contribution in [0.5, 0.6) is 0 Å². The summed E-state index contributed by atoms with van der Waals surface area (Å²) in [5, 5.41) is 8.10. The van der Waals surface area contributed by atoms with Crippen LogP contribution in [-0.2, 0) is 25.3 Å². The molecule has 0 aliphatic heterocycles. The molecule has 0 saturated heterocycles. The van der Waals surface area contributed by atoms with Crippen LogP contribution in [0.1, 0.15) is 13.8 Å². The number of hydrogen-bond donors (Lipinski definition) is 0. The van der Waals surface area contributed by atoms with Gasteiger partial charge in [0.2, 0.25) is 0 Å². The molecule has 0 radical (unpaired) electrons. The molecular weight excluding hydrogens is 140 g/mol. The maximum Gasteiger partial charge on any atom is -0.0461 e. The number of nitrogens with zero attached hydrogens (tertiary/aromatic N) is 2. The molecule has 46 valence electrons. The van der Waals surface area contributed by atoms with Crippen molar-refractivity contribution < 1.29 is 0 Å². The van der Waals surface area contributed by atoms with Crippen LogP contribution in [0.2, 0.25) is 0 Å². The van der Waals surface area contributed by atoms with E-state index in [2.05, 4.69) is 35.5 Å². The van der Waals surface area contributed by atoms with Crippen molar-refractivity contribution in [1.29, 1.82) is 0 Å². The molecule has 0 fully saturated rings. The van der Waals surface area contributed by atoms with E-state index in [4.69, 9.17) is 0 Å². The molecule has 0 aliphatic carbocycles. The number of rotatable bonds is 1.